The van der Waals surface area contributed by atoms with Crippen molar-refractivity contribution in [3.8, 4) is 0 Å². The molecule has 0 aliphatic rings. The lowest BCUT2D eigenvalue weighted by Gasteiger charge is -2.25. The zero-order valence-electron chi connectivity index (χ0n) is 9.87. The lowest BCUT2D eigenvalue weighted by atomic mass is 10.1. The summed E-state index contributed by atoms with van der Waals surface area (Å²) in [5, 5.41) is 0. The molecule has 0 aromatic heterocycles. The van der Waals surface area contributed by atoms with Gasteiger partial charge in [-0.1, -0.05) is 29.8 Å². The monoisotopic (exact) mass is 283 g/mol. The van der Waals surface area contributed by atoms with E-state index in [1.165, 1.54) is 0 Å². The first-order valence-corrected chi connectivity index (χ1v) is 6.51. The number of rotatable bonds is 6. The summed E-state index contributed by atoms with van der Waals surface area (Å²) in [4.78, 5) is 13.3. The molecule has 0 N–H and O–H groups in total. The molecule has 2 nitrogen and oxygen atoms in total. The second kappa shape index (κ2) is 6.69. The lowest BCUT2D eigenvalue weighted by molar-refractivity contribution is 0.112. The van der Waals surface area contributed by atoms with Crippen LogP contribution in [-0.2, 0) is 0 Å². The summed E-state index contributed by atoms with van der Waals surface area (Å²) in [6.45, 7) is 6.30. The summed E-state index contributed by atoms with van der Waals surface area (Å²) in [6, 6.07) is 5.88. The van der Waals surface area contributed by atoms with Crippen molar-refractivity contribution in [3.63, 3.8) is 0 Å². The fourth-order valence-corrected chi connectivity index (χ4v) is 2.18. The summed E-state index contributed by atoms with van der Waals surface area (Å²) >= 11 is 3.39. The number of nitrogens with zero attached hydrogens (tertiary/aromatic N) is 1. The van der Waals surface area contributed by atoms with Crippen molar-refractivity contribution in [2.24, 2.45) is 0 Å². The number of aldehydes is 1. The molecule has 1 aromatic rings. The Balaban J connectivity index is 3.02. The van der Waals surface area contributed by atoms with E-state index in [1.807, 2.05) is 18.2 Å². The van der Waals surface area contributed by atoms with Gasteiger partial charge in [-0.3, -0.25) is 4.79 Å². The van der Waals surface area contributed by atoms with Crippen LogP contribution in [0.15, 0.2) is 22.7 Å². The topological polar surface area (TPSA) is 20.3 Å². The average Bonchev–Trinajstić information content (AvgIpc) is 2.28. The van der Waals surface area contributed by atoms with Gasteiger partial charge >= 0.3 is 0 Å². The van der Waals surface area contributed by atoms with Gasteiger partial charge in [0.25, 0.3) is 0 Å². The number of benzene rings is 1. The molecule has 0 heterocycles. The fraction of sp³-hybridized carbons (Fsp3) is 0.462. The minimum Gasteiger partial charge on any atom is -0.371 e. The van der Waals surface area contributed by atoms with E-state index in [0.29, 0.717) is 0 Å². The molecule has 0 saturated heterocycles. The number of hydrogen-bond acceptors (Lipinski definition) is 2. The van der Waals surface area contributed by atoms with Crippen molar-refractivity contribution >= 4 is 27.9 Å². The van der Waals surface area contributed by atoms with Crippen molar-refractivity contribution in [1.82, 2.24) is 0 Å². The van der Waals surface area contributed by atoms with E-state index in [2.05, 4.69) is 34.7 Å². The molecule has 0 amide bonds. The van der Waals surface area contributed by atoms with Crippen molar-refractivity contribution < 1.29 is 4.79 Å². The zero-order chi connectivity index (χ0) is 12.0. The first-order valence-electron chi connectivity index (χ1n) is 5.72. The Hall–Kier alpha value is -0.830. The standard InChI is InChI=1S/C13H18BrNO/c1-3-7-15(8-4-2)13-6-5-12(14)9-11(13)10-16/h5-6,9-10H,3-4,7-8H2,1-2H3. The van der Waals surface area contributed by atoms with Gasteiger partial charge in [-0.15, -0.1) is 0 Å². The van der Waals surface area contributed by atoms with E-state index in [4.69, 9.17) is 0 Å². The fourth-order valence-electron chi connectivity index (χ4n) is 1.80. The third-order valence-corrected chi connectivity index (χ3v) is 2.94. The Morgan fingerprint density at radius 1 is 1.25 bits per heavy atom. The Kier molecular flexibility index (Phi) is 5.53. The largest absolute Gasteiger partial charge is 0.371 e. The number of anilines is 1. The molecule has 0 unspecified atom stereocenters. The molecule has 3 heteroatoms. The van der Waals surface area contributed by atoms with Crippen molar-refractivity contribution in [2.75, 3.05) is 18.0 Å². The second-order valence-corrected chi connectivity index (χ2v) is 4.72. The van der Waals surface area contributed by atoms with Gasteiger partial charge in [-0.25, -0.2) is 0 Å². The Morgan fingerprint density at radius 3 is 2.38 bits per heavy atom. The molecular weight excluding hydrogens is 266 g/mol. The van der Waals surface area contributed by atoms with Crippen LogP contribution in [0.25, 0.3) is 0 Å². The van der Waals surface area contributed by atoms with Crippen LogP contribution in [-0.4, -0.2) is 19.4 Å². The van der Waals surface area contributed by atoms with Crippen LogP contribution in [0, 0.1) is 0 Å². The first kappa shape index (κ1) is 13.2. The Morgan fingerprint density at radius 2 is 1.88 bits per heavy atom. The van der Waals surface area contributed by atoms with Gasteiger partial charge in [0.15, 0.2) is 6.29 Å². The van der Waals surface area contributed by atoms with Gasteiger partial charge in [0.1, 0.15) is 0 Å². The molecular formula is C13H18BrNO. The molecule has 16 heavy (non-hydrogen) atoms. The molecule has 0 saturated carbocycles. The number of hydrogen-bond donors (Lipinski definition) is 0. The maximum absolute atomic E-state index is 11.0. The number of halogens is 1. The molecule has 0 radical (unpaired) electrons. The van der Waals surface area contributed by atoms with Crippen LogP contribution >= 0.6 is 15.9 Å². The molecule has 1 rings (SSSR count). The van der Waals surface area contributed by atoms with E-state index in [1.54, 1.807) is 0 Å². The van der Waals surface area contributed by atoms with Crippen LogP contribution in [0.2, 0.25) is 0 Å². The number of carbonyl (C=O) groups is 1. The Labute approximate surface area is 106 Å². The minimum absolute atomic E-state index is 0.760. The van der Waals surface area contributed by atoms with Gasteiger partial charge in [0.2, 0.25) is 0 Å². The highest BCUT2D eigenvalue weighted by molar-refractivity contribution is 9.10. The summed E-state index contributed by atoms with van der Waals surface area (Å²) in [6.07, 6.45) is 3.11. The van der Waals surface area contributed by atoms with Gasteiger partial charge < -0.3 is 4.90 Å². The van der Waals surface area contributed by atoms with Crippen LogP contribution < -0.4 is 4.90 Å². The third-order valence-electron chi connectivity index (χ3n) is 2.44. The van der Waals surface area contributed by atoms with E-state index in [9.17, 15) is 4.79 Å². The molecule has 1 aromatic carbocycles. The van der Waals surface area contributed by atoms with Gasteiger partial charge in [-0.2, -0.15) is 0 Å². The van der Waals surface area contributed by atoms with Gasteiger partial charge in [0, 0.05) is 28.8 Å². The summed E-state index contributed by atoms with van der Waals surface area (Å²) in [5.41, 5.74) is 1.80. The van der Waals surface area contributed by atoms with E-state index in [0.717, 1.165) is 47.9 Å². The first-order chi connectivity index (χ1) is 7.72. The lowest BCUT2D eigenvalue weighted by Crippen LogP contribution is -2.25. The SMILES string of the molecule is CCCN(CCC)c1ccc(Br)cc1C=O. The smallest absolute Gasteiger partial charge is 0.152 e. The highest BCUT2D eigenvalue weighted by Crippen LogP contribution is 2.23. The summed E-state index contributed by atoms with van der Waals surface area (Å²) in [5.74, 6) is 0. The minimum atomic E-state index is 0.760. The van der Waals surface area contributed by atoms with Crippen LogP contribution in [0.5, 0.6) is 0 Å². The van der Waals surface area contributed by atoms with Crippen molar-refractivity contribution in [2.45, 2.75) is 26.7 Å². The van der Waals surface area contributed by atoms with E-state index < -0.39 is 0 Å². The highest BCUT2D eigenvalue weighted by Gasteiger charge is 2.09. The second-order valence-electron chi connectivity index (χ2n) is 3.81. The maximum atomic E-state index is 11.0. The molecule has 0 spiro atoms. The number of carbonyl (C=O) groups excluding carboxylic acids is 1. The van der Waals surface area contributed by atoms with E-state index >= 15 is 0 Å². The maximum Gasteiger partial charge on any atom is 0.152 e. The van der Waals surface area contributed by atoms with Gasteiger partial charge in [-0.05, 0) is 31.0 Å². The summed E-state index contributed by atoms with van der Waals surface area (Å²) < 4.78 is 0.950. The van der Waals surface area contributed by atoms with Gasteiger partial charge in [0.05, 0.1) is 0 Å². The van der Waals surface area contributed by atoms with Crippen LogP contribution in [0.3, 0.4) is 0 Å². The average molecular weight is 284 g/mol. The molecule has 0 bridgehead atoms. The normalized spacial score (nSPS) is 10.2. The highest BCUT2D eigenvalue weighted by atomic mass is 79.9. The van der Waals surface area contributed by atoms with Crippen molar-refractivity contribution in [3.05, 3.63) is 28.2 Å². The molecule has 0 atom stereocenters. The Bertz CT molecular complexity index is 346. The zero-order valence-corrected chi connectivity index (χ0v) is 11.5. The predicted octanol–water partition coefficient (Wildman–Crippen LogP) is 3.89. The quantitative estimate of drug-likeness (QED) is 0.739. The molecule has 0 fully saturated rings. The van der Waals surface area contributed by atoms with Crippen LogP contribution in [0.1, 0.15) is 37.0 Å². The van der Waals surface area contributed by atoms with E-state index in [-0.39, 0.29) is 0 Å². The van der Waals surface area contributed by atoms with Crippen LogP contribution in [0.4, 0.5) is 5.69 Å². The molecule has 0 aliphatic heterocycles. The molecule has 88 valence electrons. The van der Waals surface area contributed by atoms with Crippen molar-refractivity contribution in [1.29, 1.82) is 0 Å². The predicted molar refractivity (Wildman–Crippen MR) is 72.3 cm³/mol. The third kappa shape index (κ3) is 3.34. The molecule has 0 aliphatic carbocycles. The summed E-state index contributed by atoms with van der Waals surface area (Å²) in [7, 11) is 0.